The number of halogens is 1. The van der Waals surface area contributed by atoms with Crippen LogP contribution in [-0.4, -0.2) is 56.6 Å². The molecule has 8 nitrogen and oxygen atoms in total. The van der Waals surface area contributed by atoms with Gasteiger partial charge in [-0.3, -0.25) is 13.9 Å². The Bertz CT molecular complexity index is 1130. The monoisotopic (exact) mass is 553 g/mol. The number of anilines is 1. The van der Waals surface area contributed by atoms with Crippen molar-refractivity contribution in [1.82, 2.24) is 10.2 Å². The largest absolute Gasteiger partial charge is 0.497 e. The van der Waals surface area contributed by atoms with E-state index in [9.17, 15) is 18.0 Å². The highest BCUT2D eigenvalue weighted by Crippen LogP contribution is 2.28. The lowest BCUT2D eigenvalue weighted by Gasteiger charge is -2.33. The lowest BCUT2D eigenvalue weighted by Crippen LogP contribution is -2.54. The number of hydrogen-bond donors (Lipinski definition) is 1. The number of para-hydroxylation sites is 1. The molecule has 0 aliphatic carbocycles. The SMILES string of the molecule is COc1cccc(CN(C(=O)CN(c2ccccc2Br)S(C)(=O)=O)C(C)C(=O)NC(C)(C)C)c1. The van der Waals surface area contributed by atoms with Crippen LogP contribution in [0.1, 0.15) is 33.3 Å². The van der Waals surface area contributed by atoms with Gasteiger partial charge in [-0.25, -0.2) is 8.42 Å². The Kier molecular flexibility index (Phi) is 9.13. The standard InChI is InChI=1S/C24H32BrN3O5S/c1-17(23(30)26-24(2,3)4)27(15-18-10-9-11-19(14-18)33-5)22(29)16-28(34(6,31)32)21-13-8-7-12-20(21)25/h7-14,17H,15-16H2,1-6H3,(H,26,30). The number of amides is 2. The van der Waals surface area contributed by atoms with E-state index >= 15 is 0 Å². The highest BCUT2D eigenvalue weighted by molar-refractivity contribution is 9.10. The second kappa shape index (κ2) is 11.2. The minimum atomic E-state index is -3.79. The molecular formula is C24H32BrN3O5S. The van der Waals surface area contributed by atoms with Crippen LogP contribution in [0.2, 0.25) is 0 Å². The average molecular weight is 555 g/mol. The van der Waals surface area contributed by atoms with Crippen LogP contribution in [0.25, 0.3) is 0 Å². The average Bonchev–Trinajstić information content (AvgIpc) is 2.74. The number of carbonyl (C=O) groups is 2. The predicted octanol–water partition coefficient (Wildman–Crippen LogP) is 3.56. The van der Waals surface area contributed by atoms with Gasteiger partial charge in [0.05, 0.1) is 19.1 Å². The fourth-order valence-corrected chi connectivity index (χ4v) is 4.75. The summed E-state index contributed by atoms with van der Waals surface area (Å²) in [7, 11) is -2.25. The third-order valence-electron chi connectivity index (χ3n) is 4.95. The second-order valence-electron chi connectivity index (χ2n) is 9.01. The molecule has 0 aromatic heterocycles. The highest BCUT2D eigenvalue weighted by Gasteiger charge is 2.31. The van der Waals surface area contributed by atoms with Gasteiger partial charge in [0.2, 0.25) is 21.8 Å². The third kappa shape index (κ3) is 7.73. The van der Waals surface area contributed by atoms with Gasteiger partial charge in [-0.05, 0) is 73.5 Å². The fraction of sp³-hybridized carbons (Fsp3) is 0.417. The van der Waals surface area contributed by atoms with Crippen molar-refractivity contribution in [3.63, 3.8) is 0 Å². The summed E-state index contributed by atoms with van der Waals surface area (Å²) in [5.41, 5.74) is 0.588. The van der Waals surface area contributed by atoms with E-state index in [-0.39, 0.29) is 12.5 Å². The molecule has 10 heteroatoms. The van der Waals surface area contributed by atoms with Crippen molar-refractivity contribution in [2.24, 2.45) is 0 Å². The van der Waals surface area contributed by atoms with E-state index in [1.165, 1.54) is 4.90 Å². The fourth-order valence-electron chi connectivity index (χ4n) is 3.27. The molecule has 0 fully saturated rings. The summed E-state index contributed by atoms with van der Waals surface area (Å²) < 4.78 is 32.1. The number of nitrogens with one attached hydrogen (secondary N) is 1. The zero-order valence-electron chi connectivity index (χ0n) is 20.3. The molecule has 1 N–H and O–H groups in total. The minimum Gasteiger partial charge on any atom is -0.497 e. The van der Waals surface area contributed by atoms with E-state index in [0.717, 1.165) is 16.1 Å². The van der Waals surface area contributed by atoms with Crippen molar-refractivity contribution in [2.75, 3.05) is 24.2 Å². The molecule has 2 rings (SSSR count). The molecule has 0 aliphatic rings. The summed E-state index contributed by atoms with van der Waals surface area (Å²) in [6, 6.07) is 13.1. The lowest BCUT2D eigenvalue weighted by molar-refractivity contribution is -0.140. The van der Waals surface area contributed by atoms with E-state index in [1.807, 2.05) is 26.8 Å². The van der Waals surface area contributed by atoms with Crippen LogP contribution in [0.15, 0.2) is 53.0 Å². The molecule has 2 amide bonds. The Morgan fingerprint density at radius 3 is 2.32 bits per heavy atom. The van der Waals surface area contributed by atoms with Gasteiger partial charge in [-0.1, -0.05) is 24.3 Å². The summed E-state index contributed by atoms with van der Waals surface area (Å²) in [5, 5.41) is 2.89. The zero-order valence-corrected chi connectivity index (χ0v) is 22.7. The maximum atomic E-state index is 13.5. The number of benzene rings is 2. The van der Waals surface area contributed by atoms with Gasteiger partial charge in [0, 0.05) is 16.6 Å². The van der Waals surface area contributed by atoms with Crippen molar-refractivity contribution >= 4 is 43.5 Å². The van der Waals surface area contributed by atoms with Crippen LogP contribution < -0.4 is 14.4 Å². The number of hydrogen-bond acceptors (Lipinski definition) is 5. The second-order valence-corrected chi connectivity index (χ2v) is 11.8. The van der Waals surface area contributed by atoms with Crippen molar-refractivity contribution < 1.29 is 22.7 Å². The summed E-state index contributed by atoms with van der Waals surface area (Å²) >= 11 is 3.36. The van der Waals surface area contributed by atoms with E-state index in [2.05, 4.69) is 21.2 Å². The summed E-state index contributed by atoms with van der Waals surface area (Å²) in [4.78, 5) is 27.9. The predicted molar refractivity (Wildman–Crippen MR) is 137 cm³/mol. The zero-order chi connectivity index (χ0) is 25.7. The molecule has 0 saturated heterocycles. The molecule has 1 atom stereocenters. The Labute approximate surface area is 210 Å². The first-order valence-electron chi connectivity index (χ1n) is 10.7. The Morgan fingerprint density at radius 1 is 1.12 bits per heavy atom. The lowest BCUT2D eigenvalue weighted by atomic mass is 10.1. The van der Waals surface area contributed by atoms with Crippen molar-refractivity contribution in [3.05, 3.63) is 58.6 Å². The molecule has 34 heavy (non-hydrogen) atoms. The highest BCUT2D eigenvalue weighted by atomic mass is 79.9. The topological polar surface area (TPSA) is 96.0 Å². The molecular weight excluding hydrogens is 522 g/mol. The van der Waals surface area contributed by atoms with E-state index in [0.29, 0.717) is 15.9 Å². The number of carbonyl (C=O) groups excluding carboxylic acids is 2. The van der Waals surface area contributed by atoms with Crippen LogP contribution in [0, 0.1) is 0 Å². The summed E-state index contributed by atoms with van der Waals surface area (Å²) in [6.45, 7) is 6.82. The number of ether oxygens (including phenoxy) is 1. The van der Waals surface area contributed by atoms with Gasteiger partial charge in [0.1, 0.15) is 18.3 Å². The molecule has 0 radical (unpaired) electrons. The smallest absolute Gasteiger partial charge is 0.244 e. The Hall–Kier alpha value is -2.59. The van der Waals surface area contributed by atoms with E-state index < -0.39 is 34.1 Å². The number of methoxy groups -OCH3 is 1. The summed E-state index contributed by atoms with van der Waals surface area (Å²) in [6.07, 6.45) is 1.04. The normalized spacial score (nSPS) is 12.6. The van der Waals surface area contributed by atoms with E-state index in [4.69, 9.17) is 4.74 Å². The minimum absolute atomic E-state index is 0.0995. The van der Waals surface area contributed by atoms with Gasteiger partial charge in [-0.2, -0.15) is 0 Å². The number of rotatable bonds is 9. The molecule has 0 bridgehead atoms. The first-order chi connectivity index (χ1) is 15.7. The van der Waals surface area contributed by atoms with Gasteiger partial charge < -0.3 is 15.0 Å². The Balaban J connectivity index is 2.43. The van der Waals surface area contributed by atoms with E-state index in [1.54, 1.807) is 56.5 Å². The number of nitrogens with zero attached hydrogens (tertiary/aromatic N) is 2. The number of sulfonamides is 1. The molecule has 1 unspecified atom stereocenters. The molecule has 0 saturated carbocycles. The Morgan fingerprint density at radius 2 is 1.76 bits per heavy atom. The first kappa shape index (κ1) is 27.7. The van der Waals surface area contributed by atoms with Crippen molar-refractivity contribution in [2.45, 2.75) is 45.8 Å². The van der Waals surface area contributed by atoms with Crippen molar-refractivity contribution in [3.8, 4) is 5.75 Å². The van der Waals surface area contributed by atoms with Gasteiger partial charge in [-0.15, -0.1) is 0 Å². The molecule has 186 valence electrons. The van der Waals surface area contributed by atoms with Crippen LogP contribution in [0.5, 0.6) is 5.75 Å². The quantitative estimate of drug-likeness (QED) is 0.512. The third-order valence-corrected chi connectivity index (χ3v) is 6.75. The van der Waals surface area contributed by atoms with Gasteiger partial charge in [0.15, 0.2) is 0 Å². The van der Waals surface area contributed by atoms with Crippen molar-refractivity contribution in [1.29, 1.82) is 0 Å². The van der Waals surface area contributed by atoms with Crippen LogP contribution in [0.4, 0.5) is 5.69 Å². The molecule has 0 heterocycles. The molecule has 0 aliphatic heterocycles. The van der Waals surface area contributed by atoms with Gasteiger partial charge >= 0.3 is 0 Å². The summed E-state index contributed by atoms with van der Waals surface area (Å²) in [5.74, 6) is -0.237. The molecule has 2 aromatic rings. The molecule has 0 spiro atoms. The van der Waals surface area contributed by atoms with Crippen LogP contribution in [-0.2, 0) is 26.2 Å². The maximum Gasteiger partial charge on any atom is 0.244 e. The maximum absolute atomic E-state index is 13.5. The van der Waals surface area contributed by atoms with Crippen LogP contribution >= 0.6 is 15.9 Å². The van der Waals surface area contributed by atoms with Crippen LogP contribution in [0.3, 0.4) is 0 Å². The molecule has 2 aromatic carbocycles. The van der Waals surface area contributed by atoms with Gasteiger partial charge in [0.25, 0.3) is 0 Å². The first-order valence-corrected chi connectivity index (χ1v) is 13.3.